The van der Waals surface area contributed by atoms with Gasteiger partial charge in [0.15, 0.2) is 0 Å². The second kappa shape index (κ2) is 14.5. The van der Waals surface area contributed by atoms with Gasteiger partial charge in [-0.25, -0.2) is 22.9 Å². The fourth-order valence-electron chi connectivity index (χ4n) is 4.38. The average molecular weight is 638 g/mol. The molecule has 0 fully saturated rings. The van der Waals surface area contributed by atoms with E-state index < -0.39 is 16.0 Å². The number of esters is 1. The van der Waals surface area contributed by atoms with Gasteiger partial charge in [-0.1, -0.05) is 32.9 Å². The van der Waals surface area contributed by atoms with Gasteiger partial charge in [-0.3, -0.25) is 4.98 Å². The van der Waals surface area contributed by atoms with Crippen LogP contribution in [0.15, 0.2) is 53.7 Å². The van der Waals surface area contributed by atoms with Gasteiger partial charge in [-0.05, 0) is 49.9 Å². The summed E-state index contributed by atoms with van der Waals surface area (Å²) in [7, 11) is -1.04. The molecule has 0 aliphatic heterocycles. The van der Waals surface area contributed by atoms with E-state index in [4.69, 9.17) is 18.9 Å². The Morgan fingerprint density at radius 1 is 0.978 bits per heavy atom. The van der Waals surface area contributed by atoms with Gasteiger partial charge in [0, 0.05) is 36.1 Å². The van der Waals surface area contributed by atoms with Gasteiger partial charge >= 0.3 is 12.0 Å². The number of fused-ring (bicyclic) bond motifs is 1. The van der Waals surface area contributed by atoms with Crippen molar-refractivity contribution in [2.24, 2.45) is 5.92 Å². The highest BCUT2D eigenvalue weighted by molar-refractivity contribution is 7.89. The van der Waals surface area contributed by atoms with Gasteiger partial charge in [0.05, 0.1) is 49.3 Å². The minimum Gasteiger partial charge on any atom is -0.491 e. The van der Waals surface area contributed by atoms with Gasteiger partial charge in [-0.2, -0.15) is 4.98 Å². The molecule has 0 amide bonds. The molecule has 12 nitrogen and oxygen atoms in total. The number of carbonyl (C=O) groups excluding carboxylic acids is 1. The molecule has 0 unspecified atom stereocenters. The fourth-order valence-corrected chi connectivity index (χ4v) is 5.71. The summed E-state index contributed by atoms with van der Waals surface area (Å²) in [5.41, 5.74) is 2.75. The summed E-state index contributed by atoms with van der Waals surface area (Å²) in [5, 5.41) is 3.78. The zero-order chi connectivity index (χ0) is 32.7. The van der Waals surface area contributed by atoms with E-state index in [-0.39, 0.29) is 47.3 Å². The Bertz CT molecular complexity index is 1780. The number of sulfonamides is 1. The quantitative estimate of drug-likeness (QED) is 0.163. The van der Waals surface area contributed by atoms with E-state index in [1.165, 1.54) is 20.4 Å². The molecule has 2 aromatic carbocycles. The number of nitrogens with zero attached hydrogens (tertiary/aromatic N) is 3. The number of nitrogens with one attached hydrogen (secondary N) is 2. The van der Waals surface area contributed by atoms with Gasteiger partial charge in [0.2, 0.25) is 15.9 Å². The Morgan fingerprint density at radius 2 is 1.76 bits per heavy atom. The molecule has 45 heavy (non-hydrogen) atoms. The maximum absolute atomic E-state index is 13.6. The molecule has 0 bridgehead atoms. The molecule has 0 radical (unpaired) electrons. The first-order chi connectivity index (χ1) is 21.4. The molecule has 0 spiro atoms. The Hall–Kier alpha value is -4.49. The van der Waals surface area contributed by atoms with Crippen molar-refractivity contribution in [1.82, 2.24) is 19.7 Å². The summed E-state index contributed by atoms with van der Waals surface area (Å²) in [6.07, 6.45) is 3.39. The third-order valence-corrected chi connectivity index (χ3v) is 7.88. The molecule has 13 heteroatoms. The molecule has 0 saturated heterocycles. The number of benzene rings is 2. The molecule has 0 aliphatic rings. The van der Waals surface area contributed by atoms with Gasteiger partial charge in [-0.15, -0.1) is 0 Å². The maximum Gasteiger partial charge on any atom is 0.338 e. The molecular formula is C32H39N5O7S. The summed E-state index contributed by atoms with van der Waals surface area (Å²) in [6.45, 7) is 9.99. The lowest BCUT2D eigenvalue weighted by Crippen LogP contribution is -2.28. The summed E-state index contributed by atoms with van der Waals surface area (Å²) >= 11 is 0. The zero-order valence-electron chi connectivity index (χ0n) is 26.5. The van der Waals surface area contributed by atoms with E-state index in [1.54, 1.807) is 42.6 Å². The van der Waals surface area contributed by atoms with Crippen LogP contribution in [0.3, 0.4) is 0 Å². The molecule has 2 aromatic heterocycles. The second-order valence-electron chi connectivity index (χ2n) is 10.9. The lowest BCUT2D eigenvalue weighted by Gasteiger charge is -2.18. The number of carbonyl (C=O) groups is 1. The van der Waals surface area contributed by atoms with Crippen LogP contribution < -0.4 is 24.2 Å². The highest BCUT2D eigenvalue weighted by atomic mass is 32.2. The first kappa shape index (κ1) is 33.4. The van der Waals surface area contributed by atoms with Crippen LogP contribution in [0.25, 0.3) is 22.0 Å². The molecule has 0 aliphatic carbocycles. The van der Waals surface area contributed by atoms with Gasteiger partial charge < -0.3 is 24.3 Å². The molecule has 4 aromatic rings. The summed E-state index contributed by atoms with van der Waals surface area (Å²) < 4.78 is 51.7. The average Bonchev–Trinajstić information content (AvgIpc) is 3.01. The SMILES string of the molecule is CCCOC(=O)c1cc(Nc2c(S(=O)(=O)NCC(C)C)cnc3cc(-c4cnc(OC)nc4OC)ccc23)cc(OC(C)C)c1. The van der Waals surface area contributed by atoms with Gasteiger partial charge in [0.25, 0.3) is 0 Å². The fraction of sp³-hybridized carbons (Fsp3) is 0.375. The molecule has 0 atom stereocenters. The predicted octanol–water partition coefficient (Wildman–Crippen LogP) is 5.74. The summed E-state index contributed by atoms with van der Waals surface area (Å²) in [6, 6.07) is 10.4. The number of hydrogen-bond acceptors (Lipinski definition) is 11. The van der Waals surface area contributed by atoms with Crippen molar-refractivity contribution in [3.05, 3.63) is 54.4 Å². The molecular weight excluding hydrogens is 598 g/mol. The lowest BCUT2D eigenvalue weighted by molar-refractivity contribution is 0.0504. The topological polar surface area (TPSA) is 151 Å². The molecule has 2 N–H and O–H groups in total. The Kier molecular flexibility index (Phi) is 10.8. The first-order valence-corrected chi connectivity index (χ1v) is 16.1. The lowest BCUT2D eigenvalue weighted by atomic mass is 10.0. The number of rotatable bonds is 14. The van der Waals surface area contributed by atoms with E-state index in [0.717, 1.165) is 0 Å². The van der Waals surface area contributed by atoms with Crippen LogP contribution in [0, 0.1) is 5.92 Å². The normalized spacial score (nSPS) is 11.6. The molecule has 240 valence electrons. The van der Waals surface area contributed by atoms with E-state index in [1.807, 2.05) is 34.6 Å². The van der Waals surface area contributed by atoms with Crippen LogP contribution in [-0.2, 0) is 14.8 Å². The number of pyridine rings is 1. The van der Waals surface area contributed by atoms with Crippen molar-refractivity contribution >= 4 is 38.3 Å². The van der Waals surface area contributed by atoms with E-state index in [9.17, 15) is 13.2 Å². The van der Waals surface area contributed by atoms with Crippen LogP contribution in [-0.4, -0.2) is 62.8 Å². The van der Waals surface area contributed by atoms with Crippen LogP contribution >= 0.6 is 0 Å². The molecule has 4 rings (SSSR count). The highest BCUT2D eigenvalue weighted by Crippen LogP contribution is 2.37. The summed E-state index contributed by atoms with van der Waals surface area (Å²) in [5.74, 6) is 0.296. The Labute approximate surface area is 263 Å². The van der Waals surface area contributed by atoms with Crippen LogP contribution in [0.2, 0.25) is 0 Å². The van der Waals surface area contributed by atoms with Crippen molar-refractivity contribution in [2.45, 2.75) is 52.0 Å². The van der Waals surface area contributed by atoms with Crippen molar-refractivity contribution in [3.63, 3.8) is 0 Å². The highest BCUT2D eigenvalue weighted by Gasteiger charge is 2.24. The standard InChI is InChI=1S/C32H39N5O7S/c1-8-11-43-31(38)22-12-23(15-24(13-22)44-20(4)5)36-29-25-10-9-21(26-17-34-32(42-7)37-30(26)41-6)14-27(25)33-18-28(29)45(39,40)35-16-19(2)3/h9-10,12-15,17-20,35H,8,11,16H2,1-7H3,(H,33,36). The van der Waals surface area contributed by atoms with Crippen molar-refractivity contribution in [3.8, 4) is 28.8 Å². The van der Waals surface area contributed by atoms with Crippen molar-refractivity contribution in [2.75, 3.05) is 32.7 Å². The smallest absolute Gasteiger partial charge is 0.338 e. The number of ether oxygens (including phenoxy) is 4. The summed E-state index contributed by atoms with van der Waals surface area (Å²) in [4.78, 5) is 25.8. The maximum atomic E-state index is 13.6. The third-order valence-electron chi connectivity index (χ3n) is 6.44. The van der Waals surface area contributed by atoms with Crippen molar-refractivity contribution in [1.29, 1.82) is 0 Å². The number of aromatic nitrogens is 3. The van der Waals surface area contributed by atoms with Crippen LogP contribution in [0.5, 0.6) is 17.6 Å². The minimum absolute atomic E-state index is 0.0564. The Balaban J connectivity index is 1.89. The number of hydrogen-bond donors (Lipinski definition) is 2. The number of methoxy groups -OCH3 is 2. The Morgan fingerprint density at radius 3 is 2.42 bits per heavy atom. The van der Waals surface area contributed by atoms with Gasteiger partial charge in [0.1, 0.15) is 10.6 Å². The second-order valence-corrected chi connectivity index (χ2v) is 12.7. The van der Waals surface area contributed by atoms with E-state index >= 15 is 0 Å². The third kappa shape index (κ3) is 8.17. The largest absolute Gasteiger partial charge is 0.491 e. The zero-order valence-corrected chi connectivity index (χ0v) is 27.3. The van der Waals surface area contributed by atoms with Crippen LogP contribution in [0.1, 0.15) is 51.4 Å². The molecule has 2 heterocycles. The van der Waals surface area contributed by atoms with Crippen LogP contribution in [0.4, 0.5) is 11.4 Å². The number of anilines is 2. The van der Waals surface area contributed by atoms with E-state index in [0.29, 0.717) is 45.8 Å². The monoisotopic (exact) mass is 637 g/mol. The minimum atomic E-state index is -4.00. The molecule has 0 saturated carbocycles. The van der Waals surface area contributed by atoms with E-state index in [2.05, 4.69) is 25.0 Å². The first-order valence-electron chi connectivity index (χ1n) is 14.6. The van der Waals surface area contributed by atoms with Crippen molar-refractivity contribution < 1.29 is 32.2 Å². The predicted molar refractivity (Wildman–Crippen MR) is 172 cm³/mol.